The third kappa shape index (κ3) is 2.79. The van der Waals surface area contributed by atoms with Crippen molar-refractivity contribution < 1.29 is 4.39 Å². The molecule has 0 aliphatic rings. The van der Waals surface area contributed by atoms with Gasteiger partial charge < -0.3 is 5.32 Å². The minimum absolute atomic E-state index is 0.210. The van der Waals surface area contributed by atoms with E-state index in [-0.39, 0.29) is 5.82 Å². The van der Waals surface area contributed by atoms with E-state index in [1.165, 1.54) is 12.1 Å². The van der Waals surface area contributed by atoms with Gasteiger partial charge in [-0.2, -0.15) is 0 Å². The van der Waals surface area contributed by atoms with Gasteiger partial charge in [-0.3, -0.25) is 0 Å². The first-order valence-corrected chi connectivity index (χ1v) is 5.93. The van der Waals surface area contributed by atoms with Crippen molar-refractivity contribution in [2.24, 2.45) is 0 Å². The van der Waals surface area contributed by atoms with E-state index in [9.17, 15) is 4.39 Å². The van der Waals surface area contributed by atoms with Crippen molar-refractivity contribution in [1.82, 2.24) is 4.98 Å². The number of halogens is 1. The molecule has 0 saturated carbocycles. The summed E-state index contributed by atoms with van der Waals surface area (Å²) in [6.07, 6.45) is 0. The molecule has 0 atom stereocenters. The van der Waals surface area contributed by atoms with E-state index in [0.29, 0.717) is 6.54 Å². The van der Waals surface area contributed by atoms with Gasteiger partial charge in [-0.05, 0) is 37.6 Å². The van der Waals surface area contributed by atoms with Gasteiger partial charge in [0.2, 0.25) is 0 Å². The SMILES string of the molecule is Cc1cc(F)cc(NCc2nc(C)cs2)c1. The lowest BCUT2D eigenvalue weighted by Crippen LogP contribution is -1.99. The van der Waals surface area contributed by atoms with Crippen molar-refractivity contribution in [3.8, 4) is 0 Å². The summed E-state index contributed by atoms with van der Waals surface area (Å²) in [5, 5.41) is 6.18. The summed E-state index contributed by atoms with van der Waals surface area (Å²) in [5.74, 6) is -0.210. The zero-order chi connectivity index (χ0) is 11.5. The molecule has 0 aliphatic carbocycles. The summed E-state index contributed by atoms with van der Waals surface area (Å²) in [4.78, 5) is 4.33. The maximum atomic E-state index is 13.1. The molecule has 16 heavy (non-hydrogen) atoms. The number of benzene rings is 1. The van der Waals surface area contributed by atoms with E-state index in [1.54, 1.807) is 11.3 Å². The molecule has 1 aromatic carbocycles. The molecule has 0 aliphatic heterocycles. The molecule has 1 N–H and O–H groups in total. The lowest BCUT2D eigenvalue weighted by Gasteiger charge is -2.05. The molecule has 2 aromatic rings. The molecule has 0 unspecified atom stereocenters. The Hall–Kier alpha value is -1.42. The van der Waals surface area contributed by atoms with Crippen molar-refractivity contribution in [1.29, 1.82) is 0 Å². The zero-order valence-corrected chi connectivity index (χ0v) is 10.1. The Kier molecular flexibility index (Phi) is 3.19. The summed E-state index contributed by atoms with van der Waals surface area (Å²) in [6.45, 7) is 4.48. The summed E-state index contributed by atoms with van der Waals surface area (Å²) in [5.41, 5.74) is 2.74. The van der Waals surface area contributed by atoms with Gasteiger partial charge in [0.25, 0.3) is 0 Å². The van der Waals surface area contributed by atoms with Crippen LogP contribution >= 0.6 is 11.3 Å². The Morgan fingerprint density at radius 3 is 2.75 bits per heavy atom. The Labute approximate surface area is 98.2 Å². The molecule has 84 valence electrons. The Balaban J connectivity index is 2.04. The third-order valence-corrected chi connectivity index (χ3v) is 3.12. The highest BCUT2D eigenvalue weighted by atomic mass is 32.1. The number of nitrogens with zero attached hydrogens (tertiary/aromatic N) is 1. The Morgan fingerprint density at radius 1 is 1.31 bits per heavy atom. The molecule has 2 nitrogen and oxygen atoms in total. The van der Waals surface area contributed by atoms with Crippen molar-refractivity contribution in [3.63, 3.8) is 0 Å². The van der Waals surface area contributed by atoms with E-state index in [2.05, 4.69) is 10.3 Å². The third-order valence-electron chi connectivity index (χ3n) is 2.15. The standard InChI is InChI=1S/C12H13FN2S/c1-8-3-10(13)5-11(4-8)14-6-12-15-9(2)7-16-12/h3-5,7,14H,6H2,1-2H3. The number of hydrogen-bond donors (Lipinski definition) is 1. The first kappa shape index (κ1) is 11.1. The summed E-state index contributed by atoms with van der Waals surface area (Å²) < 4.78 is 13.1. The first-order valence-electron chi connectivity index (χ1n) is 5.05. The van der Waals surface area contributed by atoms with Gasteiger partial charge in [0.15, 0.2) is 0 Å². The highest BCUT2D eigenvalue weighted by molar-refractivity contribution is 7.09. The first-order chi connectivity index (χ1) is 7.63. The number of thiazole rings is 1. The van der Waals surface area contributed by atoms with Gasteiger partial charge in [0.1, 0.15) is 10.8 Å². The molecule has 0 saturated heterocycles. The van der Waals surface area contributed by atoms with Crippen LogP contribution in [-0.4, -0.2) is 4.98 Å². The maximum absolute atomic E-state index is 13.1. The van der Waals surface area contributed by atoms with Crippen LogP contribution < -0.4 is 5.32 Å². The van der Waals surface area contributed by atoms with Gasteiger partial charge in [-0.1, -0.05) is 0 Å². The normalized spacial score (nSPS) is 10.4. The second kappa shape index (κ2) is 4.61. The molecule has 4 heteroatoms. The van der Waals surface area contributed by atoms with Crippen molar-refractivity contribution in [2.75, 3.05) is 5.32 Å². The van der Waals surface area contributed by atoms with Gasteiger partial charge in [0, 0.05) is 16.8 Å². The number of anilines is 1. The fourth-order valence-corrected chi connectivity index (χ4v) is 2.21. The smallest absolute Gasteiger partial charge is 0.125 e. The van der Waals surface area contributed by atoms with E-state index < -0.39 is 0 Å². The highest BCUT2D eigenvalue weighted by Crippen LogP contribution is 2.15. The lowest BCUT2D eigenvalue weighted by atomic mass is 10.2. The number of rotatable bonds is 3. The predicted molar refractivity (Wildman–Crippen MR) is 65.3 cm³/mol. The van der Waals surface area contributed by atoms with E-state index >= 15 is 0 Å². The van der Waals surface area contributed by atoms with Crippen LogP contribution in [0.5, 0.6) is 0 Å². The monoisotopic (exact) mass is 236 g/mol. The molecule has 0 radical (unpaired) electrons. The maximum Gasteiger partial charge on any atom is 0.125 e. The van der Waals surface area contributed by atoms with E-state index in [0.717, 1.165) is 22.0 Å². The molecule has 0 bridgehead atoms. The minimum Gasteiger partial charge on any atom is -0.378 e. The molecular weight excluding hydrogens is 223 g/mol. The van der Waals surface area contributed by atoms with Crippen LogP contribution in [0.15, 0.2) is 23.6 Å². The zero-order valence-electron chi connectivity index (χ0n) is 9.25. The molecule has 0 spiro atoms. The van der Waals surface area contributed by atoms with E-state index in [1.807, 2.05) is 25.3 Å². The van der Waals surface area contributed by atoms with Gasteiger partial charge in [-0.15, -0.1) is 11.3 Å². The predicted octanol–water partition coefficient (Wildman–Crippen LogP) is 3.51. The largest absolute Gasteiger partial charge is 0.378 e. The molecule has 1 aromatic heterocycles. The number of aromatic nitrogens is 1. The summed E-state index contributed by atoms with van der Waals surface area (Å²) in [7, 11) is 0. The van der Waals surface area contributed by atoms with Crippen molar-refractivity contribution in [3.05, 3.63) is 45.7 Å². The fourth-order valence-electron chi connectivity index (χ4n) is 1.50. The van der Waals surface area contributed by atoms with Crippen molar-refractivity contribution in [2.45, 2.75) is 20.4 Å². The molecule has 1 heterocycles. The van der Waals surface area contributed by atoms with Crippen LogP contribution in [0, 0.1) is 19.7 Å². The van der Waals surface area contributed by atoms with Crippen LogP contribution in [-0.2, 0) is 6.54 Å². The van der Waals surface area contributed by atoms with Gasteiger partial charge in [-0.25, -0.2) is 9.37 Å². The average Bonchev–Trinajstić information content (AvgIpc) is 2.60. The van der Waals surface area contributed by atoms with Gasteiger partial charge in [0.05, 0.1) is 6.54 Å². The Morgan fingerprint density at radius 2 is 2.12 bits per heavy atom. The molecule has 0 fully saturated rings. The van der Waals surface area contributed by atoms with Crippen LogP contribution in [0.1, 0.15) is 16.3 Å². The second-order valence-electron chi connectivity index (χ2n) is 3.75. The van der Waals surface area contributed by atoms with Crippen molar-refractivity contribution >= 4 is 17.0 Å². The molecular formula is C12H13FN2S. The fraction of sp³-hybridized carbons (Fsp3) is 0.250. The van der Waals surface area contributed by atoms with Crippen LogP contribution in [0.2, 0.25) is 0 Å². The molecule has 0 amide bonds. The highest BCUT2D eigenvalue weighted by Gasteiger charge is 2.00. The minimum atomic E-state index is -0.210. The number of aryl methyl sites for hydroxylation is 2. The number of hydrogen-bond acceptors (Lipinski definition) is 3. The van der Waals surface area contributed by atoms with Crippen LogP contribution in [0.3, 0.4) is 0 Å². The van der Waals surface area contributed by atoms with E-state index in [4.69, 9.17) is 0 Å². The molecule has 2 rings (SSSR count). The number of nitrogens with one attached hydrogen (secondary N) is 1. The quantitative estimate of drug-likeness (QED) is 0.882. The van der Waals surface area contributed by atoms with Gasteiger partial charge >= 0.3 is 0 Å². The summed E-state index contributed by atoms with van der Waals surface area (Å²) >= 11 is 1.61. The topological polar surface area (TPSA) is 24.9 Å². The average molecular weight is 236 g/mol. The van der Waals surface area contributed by atoms with Crippen LogP contribution in [0.4, 0.5) is 10.1 Å². The Bertz CT molecular complexity index is 473. The second-order valence-corrected chi connectivity index (χ2v) is 4.70. The summed E-state index contributed by atoms with van der Waals surface area (Å²) in [6, 6.07) is 4.93. The lowest BCUT2D eigenvalue weighted by molar-refractivity contribution is 0.627. The van der Waals surface area contributed by atoms with Crippen LogP contribution in [0.25, 0.3) is 0 Å².